The highest BCUT2D eigenvalue weighted by molar-refractivity contribution is 4.77. The monoisotopic (exact) mass is 302 g/mol. The molecule has 6 nitrogen and oxygen atoms in total. The lowest BCUT2D eigenvalue weighted by molar-refractivity contribution is 0.146. The van der Waals surface area contributed by atoms with Crippen LogP contribution in [0.5, 0.6) is 0 Å². The highest BCUT2D eigenvalue weighted by Crippen LogP contribution is 2.10. The van der Waals surface area contributed by atoms with Crippen molar-refractivity contribution in [3.8, 4) is 0 Å². The standard InChI is InChI=1S/C15H34N4O2/c16-5-1-6-17-15-3-9-18(10-4-15)7-2-8-19(11-13-20)12-14-21/h15,17,20-21H,1-14,16H2. The topological polar surface area (TPSA) is 85.0 Å². The third-order valence-electron chi connectivity index (χ3n) is 4.18. The summed E-state index contributed by atoms with van der Waals surface area (Å²) >= 11 is 0. The average molecular weight is 302 g/mol. The maximum absolute atomic E-state index is 8.98. The summed E-state index contributed by atoms with van der Waals surface area (Å²) in [7, 11) is 0. The van der Waals surface area contributed by atoms with Crippen LogP contribution in [0.3, 0.4) is 0 Å². The molecule has 0 atom stereocenters. The van der Waals surface area contributed by atoms with Crippen LogP contribution in [0, 0.1) is 0 Å². The van der Waals surface area contributed by atoms with Gasteiger partial charge in [0.25, 0.3) is 0 Å². The Morgan fingerprint density at radius 2 is 1.71 bits per heavy atom. The highest BCUT2D eigenvalue weighted by atomic mass is 16.3. The summed E-state index contributed by atoms with van der Waals surface area (Å²) in [4.78, 5) is 4.65. The lowest BCUT2D eigenvalue weighted by Crippen LogP contribution is -2.43. The molecule has 0 unspecified atom stereocenters. The van der Waals surface area contributed by atoms with E-state index in [1.165, 1.54) is 25.9 Å². The number of nitrogens with one attached hydrogen (secondary N) is 1. The van der Waals surface area contributed by atoms with E-state index in [2.05, 4.69) is 15.1 Å². The van der Waals surface area contributed by atoms with Gasteiger partial charge in [0, 0.05) is 19.1 Å². The number of piperidine rings is 1. The van der Waals surface area contributed by atoms with E-state index in [4.69, 9.17) is 15.9 Å². The molecule has 1 rings (SSSR count). The van der Waals surface area contributed by atoms with Crippen molar-refractivity contribution in [3.63, 3.8) is 0 Å². The molecule has 1 aliphatic heterocycles. The smallest absolute Gasteiger partial charge is 0.0558 e. The summed E-state index contributed by atoms with van der Waals surface area (Å²) in [6.07, 6.45) is 4.61. The van der Waals surface area contributed by atoms with Gasteiger partial charge in [0.1, 0.15) is 0 Å². The molecule has 0 aliphatic carbocycles. The van der Waals surface area contributed by atoms with Gasteiger partial charge in [-0.1, -0.05) is 0 Å². The predicted octanol–water partition coefficient (Wildman–Crippen LogP) is -0.934. The van der Waals surface area contributed by atoms with E-state index in [1.807, 2.05) is 0 Å². The Kier molecular flexibility index (Phi) is 11.0. The number of rotatable bonds is 12. The first-order valence-corrected chi connectivity index (χ1v) is 8.40. The van der Waals surface area contributed by atoms with Crippen LogP contribution in [-0.2, 0) is 0 Å². The summed E-state index contributed by atoms with van der Waals surface area (Å²) in [5.74, 6) is 0. The molecule has 0 aromatic rings. The number of aliphatic hydroxyl groups excluding tert-OH is 2. The Labute approximate surface area is 129 Å². The van der Waals surface area contributed by atoms with E-state index in [1.54, 1.807) is 0 Å². The fraction of sp³-hybridized carbons (Fsp3) is 1.00. The summed E-state index contributed by atoms with van der Waals surface area (Å²) in [5.41, 5.74) is 5.50. The summed E-state index contributed by atoms with van der Waals surface area (Å²) in [5, 5.41) is 21.5. The number of hydrogen-bond donors (Lipinski definition) is 4. The maximum atomic E-state index is 8.98. The second-order valence-corrected chi connectivity index (χ2v) is 5.85. The molecule has 0 spiro atoms. The average Bonchev–Trinajstić information content (AvgIpc) is 2.49. The normalized spacial score (nSPS) is 17.7. The highest BCUT2D eigenvalue weighted by Gasteiger charge is 2.18. The SMILES string of the molecule is NCCCNC1CCN(CCCN(CCO)CCO)CC1. The van der Waals surface area contributed by atoms with E-state index in [0.717, 1.165) is 39.0 Å². The van der Waals surface area contributed by atoms with Gasteiger partial charge >= 0.3 is 0 Å². The molecule has 0 aromatic heterocycles. The molecule has 126 valence electrons. The van der Waals surface area contributed by atoms with Crippen LogP contribution in [-0.4, -0.2) is 91.6 Å². The zero-order chi connectivity index (χ0) is 15.3. The van der Waals surface area contributed by atoms with Crippen LogP contribution in [0.15, 0.2) is 0 Å². The number of nitrogens with zero attached hydrogens (tertiary/aromatic N) is 2. The summed E-state index contributed by atoms with van der Waals surface area (Å²) < 4.78 is 0. The predicted molar refractivity (Wildman–Crippen MR) is 86.4 cm³/mol. The lowest BCUT2D eigenvalue weighted by atomic mass is 10.0. The number of hydrogen-bond acceptors (Lipinski definition) is 6. The molecule has 6 heteroatoms. The van der Waals surface area contributed by atoms with Crippen LogP contribution >= 0.6 is 0 Å². The largest absolute Gasteiger partial charge is 0.395 e. The molecule has 0 saturated carbocycles. The fourth-order valence-corrected chi connectivity index (χ4v) is 2.91. The molecule has 1 aliphatic rings. The summed E-state index contributed by atoms with van der Waals surface area (Å²) in [6, 6.07) is 0.660. The molecular weight excluding hydrogens is 268 g/mol. The molecule has 1 fully saturated rings. The van der Waals surface area contributed by atoms with E-state index >= 15 is 0 Å². The minimum atomic E-state index is 0.167. The maximum Gasteiger partial charge on any atom is 0.0558 e. The van der Waals surface area contributed by atoms with Gasteiger partial charge < -0.3 is 26.2 Å². The number of likely N-dealkylation sites (tertiary alicyclic amines) is 1. The van der Waals surface area contributed by atoms with E-state index in [9.17, 15) is 0 Å². The second kappa shape index (κ2) is 12.3. The van der Waals surface area contributed by atoms with Crippen molar-refractivity contribution in [1.82, 2.24) is 15.1 Å². The zero-order valence-electron chi connectivity index (χ0n) is 13.3. The van der Waals surface area contributed by atoms with E-state index < -0.39 is 0 Å². The number of aliphatic hydroxyl groups is 2. The van der Waals surface area contributed by atoms with Crippen molar-refractivity contribution in [3.05, 3.63) is 0 Å². The van der Waals surface area contributed by atoms with Crippen LogP contribution in [0.25, 0.3) is 0 Å². The van der Waals surface area contributed by atoms with Gasteiger partial charge in [0.05, 0.1) is 13.2 Å². The van der Waals surface area contributed by atoms with Crippen molar-refractivity contribution in [2.45, 2.75) is 31.7 Å². The molecule has 0 amide bonds. The van der Waals surface area contributed by atoms with Crippen LogP contribution < -0.4 is 11.1 Å². The number of nitrogens with two attached hydrogens (primary N) is 1. The van der Waals surface area contributed by atoms with E-state index in [-0.39, 0.29) is 13.2 Å². The van der Waals surface area contributed by atoms with Crippen molar-refractivity contribution in [2.75, 3.05) is 65.6 Å². The van der Waals surface area contributed by atoms with Gasteiger partial charge in [-0.15, -0.1) is 0 Å². The lowest BCUT2D eigenvalue weighted by Gasteiger charge is -2.33. The molecule has 0 radical (unpaired) electrons. The third-order valence-corrected chi connectivity index (χ3v) is 4.18. The molecule has 1 heterocycles. The summed E-state index contributed by atoms with van der Waals surface area (Å²) in [6.45, 7) is 7.86. The van der Waals surface area contributed by atoms with Gasteiger partial charge in [-0.3, -0.25) is 4.90 Å². The minimum absolute atomic E-state index is 0.167. The molecule has 1 saturated heterocycles. The molecule has 0 aromatic carbocycles. The van der Waals surface area contributed by atoms with Gasteiger partial charge in [-0.25, -0.2) is 0 Å². The van der Waals surface area contributed by atoms with Gasteiger partial charge in [-0.2, -0.15) is 0 Å². The van der Waals surface area contributed by atoms with Crippen LogP contribution in [0.1, 0.15) is 25.7 Å². The minimum Gasteiger partial charge on any atom is -0.395 e. The van der Waals surface area contributed by atoms with Crippen molar-refractivity contribution in [2.24, 2.45) is 5.73 Å². The third kappa shape index (κ3) is 8.70. The van der Waals surface area contributed by atoms with Crippen molar-refractivity contribution < 1.29 is 10.2 Å². The molecule has 5 N–H and O–H groups in total. The quantitative estimate of drug-likeness (QED) is 0.349. The Morgan fingerprint density at radius 3 is 2.29 bits per heavy atom. The Hall–Kier alpha value is -0.240. The van der Waals surface area contributed by atoms with E-state index in [0.29, 0.717) is 19.1 Å². The van der Waals surface area contributed by atoms with Crippen LogP contribution in [0.2, 0.25) is 0 Å². The van der Waals surface area contributed by atoms with Crippen molar-refractivity contribution in [1.29, 1.82) is 0 Å². The first-order chi connectivity index (χ1) is 10.3. The first kappa shape index (κ1) is 18.8. The fourth-order valence-electron chi connectivity index (χ4n) is 2.91. The Balaban J connectivity index is 2.06. The molecular formula is C15H34N4O2. The van der Waals surface area contributed by atoms with Gasteiger partial charge in [0.15, 0.2) is 0 Å². The molecule has 21 heavy (non-hydrogen) atoms. The Bertz CT molecular complexity index is 230. The molecule has 0 bridgehead atoms. The van der Waals surface area contributed by atoms with Crippen molar-refractivity contribution >= 4 is 0 Å². The Morgan fingerprint density at radius 1 is 1.05 bits per heavy atom. The van der Waals surface area contributed by atoms with Gasteiger partial charge in [0.2, 0.25) is 0 Å². The van der Waals surface area contributed by atoms with Crippen LogP contribution in [0.4, 0.5) is 0 Å². The van der Waals surface area contributed by atoms with Gasteiger partial charge in [-0.05, 0) is 65.0 Å². The first-order valence-electron chi connectivity index (χ1n) is 8.40. The second-order valence-electron chi connectivity index (χ2n) is 5.85. The zero-order valence-corrected chi connectivity index (χ0v) is 13.3.